The van der Waals surface area contributed by atoms with E-state index in [2.05, 4.69) is 5.32 Å². The fraction of sp³-hybridized carbons (Fsp3) is 0.345. The van der Waals surface area contributed by atoms with Gasteiger partial charge in [-0.2, -0.15) is 5.26 Å². The quantitative estimate of drug-likeness (QED) is 0.0794. The summed E-state index contributed by atoms with van der Waals surface area (Å²) in [6, 6.07) is 4.00. The largest absolute Gasteiger partial charge is 0.508 e. The second kappa shape index (κ2) is 10.9. The minimum atomic E-state index is -3.34. The normalized spacial score (nSPS) is 32.4. The lowest BCUT2D eigenvalue weighted by atomic mass is 9.41. The van der Waals surface area contributed by atoms with Crippen LogP contribution < -0.4 is 28.3 Å². The third-order valence-corrected chi connectivity index (χ3v) is 9.37. The van der Waals surface area contributed by atoms with E-state index in [9.17, 15) is 54.4 Å². The first-order valence-corrected chi connectivity index (χ1v) is 14.0. The van der Waals surface area contributed by atoms with Crippen LogP contribution in [0.3, 0.4) is 0 Å². The number of nitrogens with one attached hydrogen (secondary N) is 1. The van der Waals surface area contributed by atoms with E-state index in [1.807, 2.05) is 0 Å². The number of rotatable bonds is 5. The van der Waals surface area contributed by atoms with Crippen molar-refractivity contribution in [1.29, 1.82) is 5.26 Å². The number of carbonyl (C=O) groups is 6. The number of fused-ring (bicyclic) bond motifs is 3. The van der Waals surface area contributed by atoms with E-state index < -0.39 is 115 Å². The molecule has 2 fully saturated rings. The molecule has 2 unspecified atom stereocenters. The maximum Gasteiger partial charge on any atom is 0.412 e. The zero-order chi connectivity index (χ0) is 35.8. The smallest absolute Gasteiger partial charge is 0.412 e. The summed E-state index contributed by atoms with van der Waals surface area (Å²) in [5.74, 6) is -13.4. The molecule has 19 nitrogen and oxygen atoms in total. The summed E-state index contributed by atoms with van der Waals surface area (Å²) < 4.78 is 5.69. The Balaban J connectivity index is 1.83. The zero-order valence-electron chi connectivity index (χ0n) is 25.1. The molecule has 48 heavy (non-hydrogen) atoms. The number of nitrogens with two attached hydrogens (primary N) is 4. The van der Waals surface area contributed by atoms with Crippen LogP contribution in [0.5, 0.6) is 11.5 Å². The molecule has 8 atom stereocenters. The fourth-order valence-corrected chi connectivity index (χ4v) is 7.41. The van der Waals surface area contributed by atoms with Gasteiger partial charge in [0.05, 0.1) is 40.2 Å². The van der Waals surface area contributed by atoms with Gasteiger partial charge >= 0.3 is 6.09 Å². The summed E-state index contributed by atoms with van der Waals surface area (Å²) in [7, 11) is 2.45. The van der Waals surface area contributed by atoms with Crippen molar-refractivity contribution < 1.29 is 48.6 Å². The minimum Gasteiger partial charge on any atom is -0.508 e. The molecule has 250 valence electrons. The van der Waals surface area contributed by atoms with Crippen molar-refractivity contribution in [3.05, 3.63) is 57.6 Å². The molecule has 0 aliphatic heterocycles. The van der Waals surface area contributed by atoms with E-state index in [4.69, 9.17) is 27.7 Å². The average Bonchev–Trinajstić information content (AvgIpc) is 2.98. The van der Waals surface area contributed by atoms with Gasteiger partial charge < -0.3 is 37.9 Å². The molecule has 0 radical (unpaired) electrons. The number of Topliss-reactive ketones (excluding diaryl/α,β-unsaturated/α-hetero) is 4. The number of carbonyl (C=O) groups excluding carboxylic acids is 6. The lowest BCUT2D eigenvalue weighted by Gasteiger charge is -2.64. The lowest BCUT2D eigenvalue weighted by molar-refractivity contribution is -0.384. The number of likely N-dealkylation sites (N-methyl/N-ethyl adjacent to an activating group) is 1. The molecule has 5 rings (SSSR count). The summed E-state index contributed by atoms with van der Waals surface area (Å²) in [5, 5.41) is 44.8. The maximum atomic E-state index is 14.7. The van der Waals surface area contributed by atoms with Gasteiger partial charge in [-0.05, 0) is 37.9 Å². The van der Waals surface area contributed by atoms with Crippen molar-refractivity contribution in [3.63, 3.8) is 0 Å². The average molecular weight is 665 g/mol. The number of ketones is 4. The highest BCUT2D eigenvalue weighted by Crippen LogP contribution is 2.59. The first-order chi connectivity index (χ1) is 22.3. The molecule has 2 aromatic carbocycles. The van der Waals surface area contributed by atoms with Crippen molar-refractivity contribution in [2.45, 2.75) is 29.3 Å². The SMILES string of the molecule is CN(C)[C@@H]1C(=O)C(C(N)=O)C(=O)[C@@]2(C#N)C(=O)C3C(=O)c4c(O)cccc4[C@H](N)[C@@]3(N)[C@H](OC(=O)Nc3ccc(O)cc3[N+](=O)[O-])[C@@]12N. The van der Waals surface area contributed by atoms with E-state index in [0.29, 0.717) is 6.07 Å². The number of amides is 2. The van der Waals surface area contributed by atoms with Crippen LogP contribution in [0.2, 0.25) is 0 Å². The van der Waals surface area contributed by atoms with Crippen LogP contribution in [0.15, 0.2) is 36.4 Å². The second-order valence-corrected chi connectivity index (χ2v) is 12.0. The highest BCUT2D eigenvalue weighted by molar-refractivity contribution is 6.33. The van der Waals surface area contributed by atoms with Crippen molar-refractivity contribution in [3.8, 4) is 17.6 Å². The third-order valence-electron chi connectivity index (χ3n) is 9.37. The Labute approximate surface area is 269 Å². The van der Waals surface area contributed by atoms with Crippen molar-refractivity contribution in [2.24, 2.45) is 40.2 Å². The number of phenolic OH excluding ortho intramolecular Hbond substituents is 2. The van der Waals surface area contributed by atoms with E-state index in [0.717, 1.165) is 23.1 Å². The van der Waals surface area contributed by atoms with Gasteiger partial charge in [0.1, 0.15) is 34.7 Å². The Morgan fingerprint density at radius 3 is 2.31 bits per heavy atom. The molecule has 19 heteroatoms. The topological polar surface area (TPSA) is 338 Å². The maximum absolute atomic E-state index is 14.7. The lowest BCUT2D eigenvalue weighted by Crippen LogP contribution is -2.92. The van der Waals surface area contributed by atoms with E-state index in [-0.39, 0.29) is 5.56 Å². The summed E-state index contributed by atoms with van der Waals surface area (Å²) in [6.07, 6.45) is -4.04. The number of nitro benzene ring substituents is 1. The number of nitriles is 1. The number of phenols is 2. The summed E-state index contributed by atoms with van der Waals surface area (Å²) in [5.41, 5.74) is 14.7. The molecule has 0 heterocycles. The van der Waals surface area contributed by atoms with Gasteiger partial charge in [0, 0.05) is 0 Å². The van der Waals surface area contributed by atoms with Crippen molar-refractivity contribution in [2.75, 3.05) is 19.4 Å². The molecule has 0 bridgehead atoms. The Bertz CT molecular complexity index is 1910. The van der Waals surface area contributed by atoms with Gasteiger partial charge in [0.25, 0.3) is 5.69 Å². The number of nitro groups is 1. The molecule has 2 amide bonds. The first-order valence-electron chi connectivity index (χ1n) is 14.0. The number of hydrogen-bond acceptors (Lipinski definition) is 16. The van der Waals surface area contributed by atoms with E-state index in [1.54, 1.807) is 0 Å². The van der Waals surface area contributed by atoms with Crippen LogP contribution in [-0.4, -0.2) is 92.5 Å². The second-order valence-electron chi connectivity index (χ2n) is 12.0. The number of benzene rings is 2. The Morgan fingerprint density at radius 2 is 1.75 bits per heavy atom. The zero-order valence-corrected chi connectivity index (χ0v) is 25.1. The molecule has 2 saturated carbocycles. The van der Waals surface area contributed by atoms with Gasteiger partial charge in [-0.1, -0.05) is 12.1 Å². The molecule has 11 N–H and O–H groups in total. The predicted octanol–water partition coefficient (Wildman–Crippen LogP) is -1.89. The molecule has 0 spiro atoms. The number of aromatic hydroxyl groups is 2. The summed E-state index contributed by atoms with van der Waals surface area (Å²) in [6.45, 7) is 0. The molecular weight excluding hydrogens is 636 g/mol. The van der Waals surface area contributed by atoms with Gasteiger partial charge in [-0.15, -0.1) is 0 Å². The number of ether oxygens (including phenoxy) is 1. The third kappa shape index (κ3) is 4.07. The highest BCUT2D eigenvalue weighted by atomic mass is 16.6. The monoisotopic (exact) mass is 664 g/mol. The van der Waals surface area contributed by atoms with Crippen LogP contribution >= 0.6 is 0 Å². The van der Waals surface area contributed by atoms with Gasteiger partial charge in [0.15, 0.2) is 34.5 Å². The molecule has 0 saturated heterocycles. The predicted molar refractivity (Wildman–Crippen MR) is 159 cm³/mol. The van der Waals surface area contributed by atoms with Crippen LogP contribution in [0.1, 0.15) is 22.0 Å². The Hall–Kier alpha value is -5.81. The van der Waals surface area contributed by atoms with Crippen LogP contribution in [0.25, 0.3) is 0 Å². The van der Waals surface area contributed by atoms with Gasteiger partial charge in [-0.25, -0.2) is 4.79 Å². The molecule has 3 aliphatic carbocycles. The standard InChI is InChI=1S/C29H28N8O11/c1-36(2)21-19(41)16(24(32)44)22(42)27(9-30)23(43)17-18(40)15-11(4-3-5-14(15)39)20(31)28(17,33)25(29(21,27)34)48-26(45)35-12-7-6-10(38)8-13(12)37(46)47/h3-8,16-17,20-21,25,38-39H,31,33-34H2,1-2H3,(H2,32,44)(H,35,45)/t16?,17?,20-,21+,25-,27-,28+,29-/m0/s1. The first kappa shape index (κ1) is 33.6. The number of primary amides is 1. The molecular formula is C29H28N8O11. The fourth-order valence-electron chi connectivity index (χ4n) is 7.41. The summed E-state index contributed by atoms with van der Waals surface area (Å²) in [4.78, 5) is 94.7. The van der Waals surface area contributed by atoms with E-state index in [1.165, 1.54) is 32.3 Å². The Morgan fingerprint density at radius 1 is 1.10 bits per heavy atom. The van der Waals surface area contributed by atoms with Crippen LogP contribution in [0, 0.1) is 38.7 Å². The van der Waals surface area contributed by atoms with Gasteiger partial charge in [0.2, 0.25) is 5.91 Å². The van der Waals surface area contributed by atoms with Crippen molar-refractivity contribution >= 4 is 46.5 Å². The summed E-state index contributed by atoms with van der Waals surface area (Å²) >= 11 is 0. The number of anilines is 1. The van der Waals surface area contributed by atoms with E-state index >= 15 is 0 Å². The van der Waals surface area contributed by atoms with Gasteiger partial charge in [-0.3, -0.25) is 44.3 Å². The highest BCUT2D eigenvalue weighted by Gasteiger charge is 2.84. The Kier molecular flexibility index (Phi) is 7.61. The van der Waals surface area contributed by atoms with Crippen LogP contribution in [0.4, 0.5) is 16.2 Å². The number of hydrogen-bond donors (Lipinski definition) is 7. The molecule has 3 aliphatic rings. The molecule has 0 aromatic heterocycles. The van der Waals surface area contributed by atoms with Crippen LogP contribution in [-0.2, 0) is 23.9 Å². The molecule has 2 aromatic rings. The van der Waals surface area contributed by atoms with Crippen molar-refractivity contribution in [1.82, 2.24) is 4.90 Å². The number of nitrogens with zero attached hydrogens (tertiary/aromatic N) is 3. The minimum absolute atomic E-state index is 0.160.